The smallest absolute Gasteiger partial charge is 0.120 e. The molecule has 0 spiro atoms. The van der Waals surface area contributed by atoms with Crippen LogP contribution in [0.5, 0.6) is 5.75 Å². The zero-order chi connectivity index (χ0) is 18.9. The van der Waals surface area contributed by atoms with Crippen molar-refractivity contribution in [3.05, 3.63) is 78.2 Å². The fourth-order valence-corrected chi connectivity index (χ4v) is 2.83. The summed E-state index contributed by atoms with van der Waals surface area (Å²) in [4.78, 5) is 9.12. The van der Waals surface area contributed by atoms with Gasteiger partial charge in [-0.15, -0.1) is 0 Å². The molecule has 4 N–H and O–H groups in total. The summed E-state index contributed by atoms with van der Waals surface area (Å²) in [6.45, 7) is 6.75. The standard InChI is InChI=1S/C20H19N3O.C3H8.H3N/c1-2-5-15(6-3-1)14-24-18-8-4-7-16(11-18)19-20(17-12-21-13-17)23-10-9-22-19;1-3-2;/h1-11,17,21H,12-14H2;3H2,1-2H3;1H3. The summed E-state index contributed by atoms with van der Waals surface area (Å²) >= 11 is 0. The first-order chi connectivity index (χ1) is 13.3. The predicted molar refractivity (Wildman–Crippen MR) is 115 cm³/mol. The van der Waals surface area contributed by atoms with E-state index in [1.54, 1.807) is 12.4 Å². The Morgan fingerprint density at radius 3 is 2.36 bits per heavy atom. The minimum atomic E-state index is 0. The van der Waals surface area contributed by atoms with Crippen molar-refractivity contribution in [2.24, 2.45) is 0 Å². The van der Waals surface area contributed by atoms with E-state index in [4.69, 9.17) is 4.74 Å². The van der Waals surface area contributed by atoms with Crippen LogP contribution >= 0.6 is 0 Å². The van der Waals surface area contributed by atoms with Crippen LogP contribution in [-0.2, 0) is 6.61 Å². The number of rotatable bonds is 5. The van der Waals surface area contributed by atoms with Crippen molar-refractivity contribution in [2.45, 2.75) is 32.8 Å². The SMILES string of the molecule is CCC.N.c1ccc(COc2cccc(-c3nccnc3C3CNC3)c2)cc1. The summed E-state index contributed by atoms with van der Waals surface area (Å²) in [5.41, 5.74) is 4.23. The zero-order valence-corrected chi connectivity index (χ0v) is 16.8. The van der Waals surface area contributed by atoms with Crippen molar-refractivity contribution in [1.29, 1.82) is 0 Å². The van der Waals surface area contributed by atoms with Gasteiger partial charge >= 0.3 is 0 Å². The van der Waals surface area contributed by atoms with Gasteiger partial charge < -0.3 is 16.2 Å². The average molecular weight is 379 g/mol. The molecule has 0 atom stereocenters. The second kappa shape index (κ2) is 11.2. The Kier molecular flexibility index (Phi) is 8.59. The maximum Gasteiger partial charge on any atom is 0.120 e. The topological polar surface area (TPSA) is 82.0 Å². The number of benzene rings is 2. The summed E-state index contributed by atoms with van der Waals surface area (Å²) < 4.78 is 5.93. The highest BCUT2D eigenvalue weighted by molar-refractivity contribution is 5.64. The molecule has 3 aromatic rings. The maximum atomic E-state index is 5.93. The van der Waals surface area contributed by atoms with Crippen LogP contribution in [0.1, 0.15) is 37.4 Å². The largest absolute Gasteiger partial charge is 0.489 e. The van der Waals surface area contributed by atoms with Crippen molar-refractivity contribution in [3.8, 4) is 17.0 Å². The Morgan fingerprint density at radius 1 is 0.964 bits per heavy atom. The third-order valence-corrected chi connectivity index (χ3v) is 4.25. The molecule has 4 rings (SSSR count). The molecule has 1 aliphatic heterocycles. The number of hydrogen-bond donors (Lipinski definition) is 2. The first-order valence-corrected chi connectivity index (χ1v) is 9.60. The van der Waals surface area contributed by atoms with Gasteiger partial charge in [-0.3, -0.25) is 9.97 Å². The lowest BCUT2D eigenvalue weighted by atomic mass is 9.94. The van der Waals surface area contributed by atoms with Gasteiger partial charge in [0.05, 0.1) is 11.4 Å². The molecular weight excluding hydrogens is 348 g/mol. The van der Waals surface area contributed by atoms with Crippen molar-refractivity contribution in [1.82, 2.24) is 21.4 Å². The van der Waals surface area contributed by atoms with E-state index < -0.39 is 0 Å². The van der Waals surface area contributed by atoms with E-state index in [2.05, 4.69) is 47.3 Å². The molecule has 0 amide bonds. The van der Waals surface area contributed by atoms with Gasteiger partial charge in [0, 0.05) is 37.0 Å². The average Bonchev–Trinajstić information content (AvgIpc) is 2.67. The first kappa shape index (κ1) is 21.5. The predicted octanol–water partition coefficient (Wildman–Crippen LogP) is 4.99. The first-order valence-electron chi connectivity index (χ1n) is 9.60. The van der Waals surface area contributed by atoms with E-state index >= 15 is 0 Å². The molecule has 0 unspecified atom stereocenters. The van der Waals surface area contributed by atoms with Crippen molar-refractivity contribution < 1.29 is 4.74 Å². The minimum absolute atomic E-state index is 0. The second-order valence-electron chi connectivity index (χ2n) is 6.65. The lowest BCUT2D eigenvalue weighted by Crippen LogP contribution is -2.40. The maximum absolute atomic E-state index is 5.93. The Hall–Kier alpha value is -2.76. The molecule has 5 nitrogen and oxygen atoms in total. The van der Waals surface area contributed by atoms with Crippen LogP contribution in [-0.4, -0.2) is 23.1 Å². The number of ether oxygens (including phenoxy) is 1. The van der Waals surface area contributed by atoms with Crippen LogP contribution in [0.15, 0.2) is 67.0 Å². The van der Waals surface area contributed by atoms with E-state index in [1.165, 1.54) is 6.42 Å². The molecule has 1 aliphatic rings. The number of hydrogen-bond acceptors (Lipinski definition) is 5. The van der Waals surface area contributed by atoms with Gasteiger partial charge in [0.1, 0.15) is 12.4 Å². The van der Waals surface area contributed by atoms with Gasteiger partial charge in [-0.2, -0.15) is 0 Å². The molecule has 2 aromatic carbocycles. The Balaban J connectivity index is 0.000000660. The molecule has 0 radical (unpaired) electrons. The Morgan fingerprint density at radius 2 is 1.68 bits per heavy atom. The summed E-state index contributed by atoms with van der Waals surface area (Å²) in [5.74, 6) is 1.29. The van der Waals surface area contributed by atoms with Crippen LogP contribution in [0.3, 0.4) is 0 Å². The molecule has 1 fully saturated rings. The van der Waals surface area contributed by atoms with Gasteiger partial charge in [0.15, 0.2) is 0 Å². The summed E-state index contributed by atoms with van der Waals surface area (Å²) in [5, 5.41) is 3.30. The number of nitrogens with one attached hydrogen (secondary N) is 1. The highest BCUT2D eigenvalue weighted by Gasteiger charge is 2.24. The molecule has 0 saturated carbocycles. The molecule has 1 saturated heterocycles. The van der Waals surface area contributed by atoms with Crippen LogP contribution < -0.4 is 16.2 Å². The number of nitrogens with zero attached hydrogens (tertiary/aromatic N) is 2. The molecule has 5 heteroatoms. The van der Waals surface area contributed by atoms with E-state index in [9.17, 15) is 0 Å². The summed E-state index contributed by atoms with van der Waals surface area (Å²) in [7, 11) is 0. The lowest BCUT2D eigenvalue weighted by molar-refractivity contribution is 0.306. The van der Waals surface area contributed by atoms with E-state index in [0.717, 1.165) is 41.4 Å². The minimum Gasteiger partial charge on any atom is -0.489 e. The second-order valence-corrected chi connectivity index (χ2v) is 6.65. The molecule has 28 heavy (non-hydrogen) atoms. The monoisotopic (exact) mass is 378 g/mol. The lowest BCUT2D eigenvalue weighted by Gasteiger charge is -2.27. The van der Waals surface area contributed by atoms with Gasteiger partial charge in [-0.05, 0) is 17.7 Å². The number of aromatic nitrogens is 2. The van der Waals surface area contributed by atoms with Crippen LogP contribution in [0.4, 0.5) is 0 Å². The quantitative estimate of drug-likeness (QED) is 0.654. The van der Waals surface area contributed by atoms with Crippen LogP contribution in [0.2, 0.25) is 0 Å². The fourth-order valence-electron chi connectivity index (χ4n) is 2.83. The fraction of sp³-hybridized carbons (Fsp3) is 0.304. The van der Waals surface area contributed by atoms with Crippen LogP contribution in [0, 0.1) is 0 Å². The van der Waals surface area contributed by atoms with E-state index in [1.807, 2.05) is 36.4 Å². The Bertz CT molecular complexity index is 835. The molecule has 148 valence electrons. The Labute approximate surface area is 167 Å². The van der Waals surface area contributed by atoms with Crippen LogP contribution in [0.25, 0.3) is 11.3 Å². The van der Waals surface area contributed by atoms with Crippen molar-refractivity contribution in [2.75, 3.05) is 13.1 Å². The van der Waals surface area contributed by atoms with Gasteiger partial charge in [-0.25, -0.2) is 0 Å². The zero-order valence-electron chi connectivity index (χ0n) is 16.8. The van der Waals surface area contributed by atoms with Crippen molar-refractivity contribution >= 4 is 0 Å². The molecular formula is C23H30N4O. The van der Waals surface area contributed by atoms with Crippen molar-refractivity contribution in [3.63, 3.8) is 0 Å². The third-order valence-electron chi connectivity index (χ3n) is 4.25. The molecule has 0 aliphatic carbocycles. The molecule has 0 bridgehead atoms. The highest BCUT2D eigenvalue weighted by Crippen LogP contribution is 2.29. The van der Waals surface area contributed by atoms with Gasteiger partial charge in [0.2, 0.25) is 0 Å². The molecule has 2 heterocycles. The van der Waals surface area contributed by atoms with Gasteiger partial charge in [0.25, 0.3) is 0 Å². The highest BCUT2D eigenvalue weighted by atomic mass is 16.5. The normalized spacial score (nSPS) is 12.8. The van der Waals surface area contributed by atoms with E-state index in [-0.39, 0.29) is 6.15 Å². The molecule has 1 aromatic heterocycles. The summed E-state index contributed by atoms with van der Waals surface area (Å²) in [6, 6.07) is 18.3. The summed E-state index contributed by atoms with van der Waals surface area (Å²) in [6.07, 6.45) is 4.77. The van der Waals surface area contributed by atoms with E-state index in [0.29, 0.717) is 12.5 Å². The van der Waals surface area contributed by atoms with Gasteiger partial charge in [-0.1, -0.05) is 62.7 Å². The third kappa shape index (κ3) is 5.62.